The van der Waals surface area contributed by atoms with Crippen LogP contribution in [0.5, 0.6) is 23.0 Å². The first-order chi connectivity index (χ1) is 48.1. The molecule has 7 heterocycles. The van der Waals surface area contributed by atoms with E-state index in [1.807, 2.05) is 18.3 Å². The number of aromatic nitrogens is 4. The maximum Gasteiger partial charge on any atom is 2.00 e. The first kappa shape index (κ1) is 59.9. The van der Waals surface area contributed by atoms with Gasteiger partial charge in [0.15, 0.2) is 24.8 Å². The molecule has 0 amide bonds. The monoisotopic (exact) mass is 1290 g/mol. The van der Waals surface area contributed by atoms with Crippen molar-refractivity contribution in [2.75, 3.05) is 0 Å². The fraction of sp³-hybridized carbons (Fsp3) is 0.165. The van der Waals surface area contributed by atoms with Crippen molar-refractivity contribution in [1.82, 2.24) is 0 Å². The summed E-state index contributed by atoms with van der Waals surface area (Å²) in [5.74, 6) is 3.17. The van der Waals surface area contributed by atoms with E-state index in [4.69, 9.17) is 14.2 Å². The molecule has 0 atom stereocenters. The summed E-state index contributed by atoms with van der Waals surface area (Å²) in [7, 11) is 0. The minimum Gasteiger partial charge on any atom is -0.872 e. The van der Waals surface area contributed by atoms with E-state index in [0.29, 0.717) is 20.2 Å². The molecular weight excluding hydrogens is 1220 g/mol. The van der Waals surface area contributed by atoms with Crippen LogP contribution in [0, 0.1) is 0 Å². The molecule has 100 heavy (non-hydrogen) atoms. The Morgan fingerprint density at radius 2 is 0.680 bits per heavy atom. The summed E-state index contributed by atoms with van der Waals surface area (Å²) < 4.78 is 25.2. The SMILES string of the molecule is CC1(C)c2c([nH+]cc3cc4ccccc4cc23)-c2c([O-])cc3ccccc3c21.CC1(C)c2c3c(cc4ccccc24)OC[n+]2cc4ccccc4c1c2-3.CC1(C)c2c3c(cc4ccccc24)OC[n+]2cc4ccccc4c1c2-3.CC1(C)c2ccc[n+]3c2-c2c(cc4ccccc4c21)OC3.[Be+2]. The smallest absolute Gasteiger partial charge is 0.872 e. The Kier molecular flexibility index (Phi) is 12.6. The largest absolute Gasteiger partial charge is 2.00 e. The summed E-state index contributed by atoms with van der Waals surface area (Å²) in [4.78, 5) is 3.47. The number of aromatic amines is 1. The van der Waals surface area contributed by atoms with Crippen LogP contribution in [0.2, 0.25) is 0 Å². The van der Waals surface area contributed by atoms with E-state index in [1.165, 1.54) is 154 Å². The molecule has 0 saturated heterocycles. The molecule has 0 radical (unpaired) electrons. The van der Waals surface area contributed by atoms with Crippen molar-refractivity contribution in [3.8, 4) is 68.0 Å². The molecule has 16 aromatic rings. The molecule has 4 aliphatic carbocycles. The zero-order valence-corrected chi connectivity index (χ0v) is 57.4. The van der Waals surface area contributed by atoms with Gasteiger partial charge in [0.1, 0.15) is 17.2 Å². The van der Waals surface area contributed by atoms with Gasteiger partial charge in [0.2, 0.25) is 22.8 Å². The van der Waals surface area contributed by atoms with Gasteiger partial charge in [0.05, 0.1) is 16.7 Å². The molecule has 7 aliphatic rings. The predicted octanol–water partition coefficient (Wildman–Crippen LogP) is 18.6. The van der Waals surface area contributed by atoms with Gasteiger partial charge < -0.3 is 19.3 Å². The third-order valence-electron chi connectivity index (χ3n) is 23.1. The fourth-order valence-electron chi connectivity index (χ4n) is 19.0. The first-order valence-electron chi connectivity index (χ1n) is 34.7. The second-order valence-electron chi connectivity index (χ2n) is 30.1. The van der Waals surface area contributed by atoms with Gasteiger partial charge in [-0.1, -0.05) is 225 Å². The Morgan fingerprint density at radius 1 is 0.320 bits per heavy atom. The molecule has 1 N–H and O–H groups in total. The van der Waals surface area contributed by atoms with Crippen molar-refractivity contribution in [1.29, 1.82) is 0 Å². The van der Waals surface area contributed by atoms with Crippen LogP contribution in [0.15, 0.2) is 243 Å². The molecule has 0 spiro atoms. The van der Waals surface area contributed by atoms with Crippen LogP contribution in [0.25, 0.3) is 131 Å². The first-order valence-corrected chi connectivity index (χ1v) is 34.7. The van der Waals surface area contributed by atoms with Crippen LogP contribution in [0.3, 0.4) is 0 Å². The summed E-state index contributed by atoms with van der Waals surface area (Å²) in [6.45, 7) is 20.3. The van der Waals surface area contributed by atoms with Gasteiger partial charge in [0.25, 0.3) is 20.2 Å². The Balaban J connectivity index is 0.0000000929. The summed E-state index contributed by atoms with van der Waals surface area (Å²) in [5.41, 5.74) is 20.2. The topological polar surface area (TPSA) is 76.5 Å². The number of hydrogen-bond donors (Lipinski definition) is 0. The van der Waals surface area contributed by atoms with E-state index in [-0.39, 0.29) is 37.5 Å². The molecule has 0 unspecified atom stereocenters. The number of nitrogens with zero attached hydrogens (tertiary/aromatic N) is 3. The van der Waals surface area contributed by atoms with Crippen LogP contribution in [0.1, 0.15) is 99.9 Å². The van der Waals surface area contributed by atoms with Crippen LogP contribution < -0.4 is 38.0 Å². The van der Waals surface area contributed by atoms with Crippen molar-refractivity contribution >= 4 is 96.3 Å². The number of rotatable bonds is 0. The summed E-state index contributed by atoms with van der Waals surface area (Å²) in [6, 6.07) is 77.4. The number of nitrogens with one attached hydrogen (secondary N) is 1. The van der Waals surface area contributed by atoms with E-state index in [0.717, 1.165) is 39.5 Å². The van der Waals surface area contributed by atoms with Crippen molar-refractivity contribution in [2.24, 2.45) is 0 Å². The van der Waals surface area contributed by atoms with Gasteiger partial charge in [-0.05, 0) is 141 Å². The Labute approximate surface area is 583 Å². The number of benzene rings is 12. The second-order valence-corrected chi connectivity index (χ2v) is 30.1. The molecule has 3 aliphatic heterocycles. The van der Waals surface area contributed by atoms with Crippen molar-refractivity contribution in [3.63, 3.8) is 0 Å². The zero-order valence-electron chi connectivity index (χ0n) is 57.4. The molecular formula is C91H71BeN4O4+5. The number of ether oxygens (including phenoxy) is 3. The Hall–Kier alpha value is -11.3. The minimum absolute atomic E-state index is 0. The molecule has 12 aromatic carbocycles. The number of hydrogen-bond acceptors (Lipinski definition) is 4. The van der Waals surface area contributed by atoms with E-state index in [2.05, 4.69) is 293 Å². The fourth-order valence-corrected chi connectivity index (χ4v) is 19.0. The van der Waals surface area contributed by atoms with E-state index < -0.39 is 0 Å². The standard InChI is InChI=1S/C26H19NO.2C23H18NO.C19H16NO.Be/c1-26(2)23-19-10-6-5-9-17(19)13-21(28)22(23)25-24(26)20-12-16-8-4-3-7-15(16)11-18(20)14-27-25;2*1-23(2)20-16-9-5-3-7-14(16)11-18-19(20)22-21(23)17-10-6-4-8-15(17)12-24(22)13-25-18;1-19(2)14-8-5-9-20-11-21-15-10-12-6-3-4-7-13(12)17(19)16(15)18(14)20;/h3-14,28H,1-2H3;2*3-12H,13H2,1-2H3;3-10H,11H2,1-2H3;/q;3*+1;+2. The van der Waals surface area contributed by atoms with Crippen molar-refractivity contribution in [2.45, 2.75) is 97.2 Å². The van der Waals surface area contributed by atoms with Crippen LogP contribution in [-0.2, 0) is 41.9 Å². The summed E-state index contributed by atoms with van der Waals surface area (Å²) >= 11 is 0. The molecule has 4 aromatic heterocycles. The number of fused-ring (bicyclic) bond motifs is 18. The van der Waals surface area contributed by atoms with E-state index in [1.54, 1.807) is 6.07 Å². The Bertz CT molecular complexity index is 5960. The van der Waals surface area contributed by atoms with E-state index >= 15 is 0 Å². The van der Waals surface area contributed by atoms with Crippen molar-refractivity contribution in [3.05, 3.63) is 288 Å². The molecule has 0 saturated carbocycles. The zero-order chi connectivity index (χ0) is 66.8. The van der Waals surface area contributed by atoms with Crippen molar-refractivity contribution < 1.29 is 38.0 Å². The van der Waals surface area contributed by atoms with Gasteiger partial charge in [-0.3, -0.25) is 0 Å². The molecule has 0 bridgehead atoms. The summed E-state index contributed by atoms with van der Waals surface area (Å²) in [5, 5.41) is 33.2. The third kappa shape index (κ3) is 8.14. The van der Waals surface area contributed by atoms with Crippen LogP contribution >= 0.6 is 0 Å². The average molecular weight is 1290 g/mol. The van der Waals surface area contributed by atoms with Crippen LogP contribution in [-0.4, -0.2) is 10.1 Å². The normalized spacial score (nSPS) is 15.6. The van der Waals surface area contributed by atoms with E-state index in [9.17, 15) is 5.11 Å². The van der Waals surface area contributed by atoms with Gasteiger partial charge in [-0.15, -0.1) is 0 Å². The predicted molar refractivity (Wildman–Crippen MR) is 400 cm³/mol. The Morgan fingerprint density at radius 3 is 1.15 bits per heavy atom. The summed E-state index contributed by atoms with van der Waals surface area (Å²) in [6.07, 6.45) is 8.62. The van der Waals surface area contributed by atoms with Crippen LogP contribution in [0.4, 0.5) is 0 Å². The molecule has 9 heteroatoms. The van der Waals surface area contributed by atoms with Gasteiger partial charge in [-0.25, -0.2) is 4.98 Å². The van der Waals surface area contributed by atoms with Gasteiger partial charge in [-0.2, -0.15) is 13.7 Å². The molecule has 8 nitrogen and oxygen atoms in total. The second kappa shape index (κ2) is 21.1. The number of H-pyrrole nitrogens is 1. The third-order valence-corrected chi connectivity index (χ3v) is 23.1. The molecule has 23 rings (SSSR count). The minimum atomic E-state index is -0.261. The number of pyridine rings is 4. The van der Waals surface area contributed by atoms with Gasteiger partial charge >= 0.3 is 10.1 Å². The maximum absolute atomic E-state index is 13.1. The van der Waals surface area contributed by atoms with Gasteiger partial charge in [0, 0.05) is 71.7 Å². The molecule has 476 valence electrons. The molecule has 0 fully saturated rings. The quantitative estimate of drug-likeness (QED) is 0.0861. The average Bonchev–Trinajstić information content (AvgIpc) is 1.56. The maximum atomic E-state index is 13.1.